The van der Waals surface area contributed by atoms with Gasteiger partial charge in [0.1, 0.15) is 17.4 Å². The van der Waals surface area contributed by atoms with Crippen LogP contribution in [0.3, 0.4) is 0 Å². The monoisotopic (exact) mass is 286 g/mol. The van der Waals surface area contributed by atoms with Gasteiger partial charge in [0, 0.05) is 31.3 Å². The largest absolute Gasteiger partial charge is 0.489 e. The molecule has 0 aliphatic heterocycles. The molecule has 0 bridgehead atoms. The van der Waals surface area contributed by atoms with Crippen LogP contribution in [0.1, 0.15) is 33.0 Å². The summed E-state index contributed by atoms with van der Waals surface area (Å²) in [5.41, 5.74) is 1.80. The lowest BCUT2D eigenvalue weighted by Gasteiger charge is -2.11. The van der Waals surface area contributed by atoms with Crippen LogP contribution in [0.15, 0.2) is 24.5 Å². The SMILES string of the molecule is CCCc1nc(NC)cc(-c2cncc(OC(C)C)c2)n1. The molecule has 5 nitrogen and oxygen atoms in total. The van der Waals surface area contributed by atoms with Crippen molar-refractivity contribution in [1.82, 2.24) is 15.0 Å². The first kappa shape index (κ1) is 15.2. The van der Waals surface area contributed by atoms with Crippen molar-refractivity contribution in [3.05, 3.63) is 30.4 Å². The molecule has 2 aromatic rings. The molecule has 2 rings (SSSR count). The molecule has 112 valence electrons. The Balaban J connectivity index is 2.38. The predicted octanol–water partition coefficient (Wildman–Crippen LogP) is 3.32. The molecular formula is C16H22N4O. The average Bonchev–Trinajstić information content (AvgIpc) is 2.47. The van der Waals surface area contributed by atoms with Gasteiger partial charge in [-0.2, -0.15) is 0 Å². The second-order valence-corrected chi connectivity index (χ2v) is 5.13. The molecule has 0 unspecified atom stereocenters. The molecule has 1 N–H and O–H groups in total. The highest BCUT2D eigenvalue weighted by Crippen LogP contribution is 2.23. The maximum absolute atomic E-state index is 5.69. The molecule has 0 fully saturated rings. The van der Waals surface area contributed by atoms with Crippen LogP contribution >= 0.6 is 0 Å². The van der Waals surface area contributed by atoms with Gasteiger partial charge in [0.25, 0.3) is 0 Å². The standard InChI is InChI=1S/C16H22N4O/c1-5-6-15-19-14(8-16(17-4)20-15)12-7-13(10-18-9-12)21-11(2)3/h7-11H,5-6H2,1-4H3,(H,17,19,20). The summed E-state index contributed by atoms with van der Waals surface area (Å²) in [7, 11) is 1.86. The molecule has 0 spiro atoms. The first-order valence-electron chi connectivity index (χ1n) is 7.30. The van der Waals surface area contributed by atoms with Crippen molar-refractivity contribution in [1.29, 1.82) is 0 Å². The third-order valence-electron chi connectivity index (χ3n) is 2.88. The van der Waals surface area contributed by atoms with E-state index in [9.17, 15) is 0 Å². The Hall–Kier alpha value is -2.17. The van der Waals surface area contributed by atoms with Gasteiger partial charge in [-0.05, 0) is 26.3 Å². The summed E-state index contributed by atoms with van der Waals surface area (Å²) in [5.74, 6) is 2.41. The number of rotatable bonds is 6. The lowest BCUT2D eigenvalue weighted by Crippen LogP contribution is -2.06. The highest BCUT2D eigenvalue weighted by Gasteiger charge is 2.08. The minimum Gasteiger partial charge on any atom is -0.489 e. The van der Waals surface area contributed by atoms with E-state index in [0.717, 1.165) is 41.5 Å². The Morgan fingerprint density at radius 1 is 1.19 bits per heavy atom. The summed E-state index contributed by atoms with van der Waals surface area (Å²) >= 11 is 0. The molecule has 2 aromatic heterocycles. The second kappa shape index (κ2) is 7.02. The van der Waals surface area contributed by atoms with Crippen LogP contribution in [0.25, 0.3) is 11.3 Å². The van der Waals surface area contributed by atoms with Crippen molar-refractivity contribution in [2.75, 3.05) is 12.4 Å². The highest BCUT2D eigenvalue weighted by atomic mass is 16.5. The maximum atomic E-state index is 5.69. The quantitative estimate of drug-likeness (QED) is 0.882. The van der Waals surface area contributed by atoms with Crippen molar-refractivity contribution < 1.29 is 4.74 Å². The van der Waals surface area contributed by atoms with Crippen molar-refractivity contribution in [2.24, 2.45) is 0 Å². The van der Waals surface area contributed by atoms with Crippen LogP contribution < -0.4 is 10.1 Å². The van der Waals surface area contributed by atoms with Gasteiger partial charge in [-0.1, -0.05) is 6.92 Å². The summed E-state index contributed by atoms with van der Waals surface area (Å²) in [6, 6.07) is 3.89. The van der Waals surface area contributed by atoms with E-state index in [4.69, 9.17) is 4.74 Å². The number of aryl methyl sites for hydroxylation is 1. The topological polar surface area (TPSA) is 59.9 Å². The van der Waals surface area contributed by atoms with Crippen LogP contribution in [0.2, 0.25) is 0 Å². The van der Waals surface area contributed by atoms with Crippen LogP contribution in [0.4, 0.5) is 5.82 Å². The van der Waals surface area contributed by atoms with E-state index in [1.54, 1.807) is 12.4 Å². The maximum Gasteiger partial charge on any atom is 0.138 e. The smallest absolute Gasteiger partial charge is 0.138 e. The average molecular weight is 286 g/mol. The van der Waals surface area contributed by atoms with Crippen molar-refractivity contribution in [3.8, 4) is 17.0 Å². The third-order valence-corrected chi connectivity index (χ3v) is 2.88. The minimum atomic E-state index is 0.121. The summed E-state index contributed by atoms with van der Waals surface area (Å²) in [5, 5.41) is 3.08. The lowest BCUT2D eigenvalue weighted by molar-refractivity contribution is 0.241. The number of pyridine rings is 1. The predicted molar refractivity (Wildman–Crippen MR) is 84.6 cm³/mol. The number of hydrogen-bond donors (Lipinski definition) is 1. The Morgan fingerprint density at radius 2 is 2.00 bits per heavy atom. The molecular weight excluding hydrogens is 264 g/mol. The Morgan fingerprint density at radius 3 is 2.67 bits per heavy atom. The fourth-order valence-corrected chi connectivity index (χ4v) is 2.00. The molecule has 0 saturated heterocycles. The van der Waals surface area contributed by atoms with Crippen LogP contribution in [0, 0.1) is 0 Å². The van der Waals surface area contributed by atoms with Crippen molar-refractivity contribution in [3.63, 3.8) is 0 Å². The van der Waals surface area contributed by atoms with Crippen molar-refractivity contribution >= 4 is 5.82 Å². The summed E-state index contributed by atoms with van der Waals surface area (Å²) in [6.45, 7) is 6.11. The summed E-state index contributed by atoms with van der Waals surface area (Å²) < 4.78 is 5.69. The third kappa shape index (κ3) is 4.15. The highest BCUT2D eigenvalue weighted by molar-refractivity contribution is 5.63. The molecule has 0 aliphatic rings. The molecule has 0 aromatic carbocycles. The second-order valence-electron chi connectivity index (χ2n) is 5.13. The molecule has 0 aliphatic carbocycles. The molecule has 0 saturated carbocycles. The Kier molecular flexibility index (Phi) is 5.09. The summed E-state index contributed by atoms with van der Waals surface area (Å²) in [6.07, 6.45) is 5.51. The van der Waals surface area contributed by atoms with Crippen LogP contribution in [-0.4, -0.2) is 28.1 Å². The number of nitrogens with zero attached hydrogens (tertiary/aromatic N) is 3. The molecule has 21 heavy (non-hydrogen) atoms. The van der Waals surface area contributed by atoms with Gasteiger partial charge >= 0.3 is 0 Å². The molecule has 0 atom stereocenters. The van der Waals surface area contributed by atoms with E-state index in [1.807, 2.05) is 33.0 Å². The Labute approximate surface area is 125 Å². The zero-order valence-corrected chi connectivity index (χ0v) is 13.1. The number of aromatic nitrogens is 3. The van der Waals surface area contributed by atoms with Gasteiger partial charge in [-0.15, -0.1) is 0 Å². The molecule has 0 amide bonds. The van der Waals surface area contributed by atoms with Gasteiger partial charge in [0.2, 0.25) is 0 Å². The number of hydrogen-bond acceptors (Lipinski definition) is 5. The zero-order valence-electron chi connectivity index (χ0n) is 13.1. The molecule has 5 heteroatoms. The number of ether oxygens (including phenoxy) is 1. The van der Waals surface area contributed by atoms with Gasteiger partial charge in [-0.25, -0.2) is 9.97 Å². The fourth-order valence-electron chi connectivity index (χ4n) is 2.00. The van der Waals surface area contributed by atoms with Gasteiger partial charge in [-0.3, -0.25) is 4.98 Å². The van der Waals surface area contributed by atoms with E-state index in [-0.39, 0.29) is 6.10 Å². The van der Waals surface area contributed by atoms with Gasteiger partial charge in [0.15, 0.2) is 0 Å². The minimum absolute atomic E-state index is 0.121. The van der Waals surface area contributed by atoms with E-state index in [2.05, 4.69) is 27.2 Å². The van der Waals surface area contributed by atoms with E-state index >= 15 is 0 Å². The number of nitrogens with one attached hydrogen (secondary N) is 1. The number of anilines is 1. The van der Waals surface area contributed by atoms with Gasteiger partial charge < -0.3 is 10.1 Å². The lowest BCUT2D eigenvalue weighted by atomic mass is 10.2. The van der Waals surface area contributed by atoms with Crippen LogP contribution in [-0.2, 0) is 6.42 Å². The molecule has 2 heterocycles. The van der Waals surface area contributed by atoms with Crippen molar-refractivity contribution in [2.45, 2.75) is 39.7 Å². The van der Waals surface area contributed by atoms with E-state index < -0.39 is 0 Å². The normalized spacial score (nSPS) is 10.7. The zero-order chi connectivity index (χ0) is 15.2. The molecule has 0 radical (unpaired) electrons. The van der Waals surface area contributed by atoms with E-state index in [1.165, 1.54) is 0 Å². The van der Waals surface area contributed by atoms with Gasteiger partial charge in [0.05, 0.1) is 18.0 Å². The first-order valence-corrected chi connectivity index (χ1v) is 7.30. The first-order chi connectivity index (χ1) is 10.1. The summed E-state index contributed by atoms with van der Waals surface area (Å²) in [4.78, 5) is 13.3. The van der Waals surface area contributed by atoms with Crippen LogP contribution in [0.5, 0.6) is 5.75 Å². The Bertz CT molecular complexity index is 599. The van der Waals surface area contributed by atoms with E-state index in [0.29, 0.717) is 0 Å². The fraction of sp³-hybridized carbons (Fsp3) is 0.438.